The van der Waals surface area contributed by atoms with Crippen LogP contribution in [-0.4, -0.2) is 24.7 Å². The first kappa shape index (κ1) is 15.0. The van der Waals surface area contributed by atoms with Crippen LogP contribution in [0.4, 0.5) is 5.69 Å². The van der Waals surface area contributed by atoms with E-state index in [4.69, 9.17) is 15.2 Å². The number of hydrogen-bond donors (Lipinski definition) is 2. The Labute approximate surface area is 119 Å². The zero-order valence-electron chi connectivity index (χ0n) is 12.0. The molecule has 5 heteroatoms. The molecule has 3 N–H and O–H groups in total. The van der Waals surface area contributed by atoms with E-state index in [-0.39, 0.29) is 17.7 Å². The van der Waals surface area contributed by atoms with Gasteiger partial charge in [-0.05, 0) is 32.4 Å². The lowest BCUT2D eigenvalue weighted by atomic mass is 10.00. The lowest BCUT2D eigenvalue weighted by molar-refractivity contribution is -0.116. The first-order chi connectivity index (χ1) is 9.44. The predicted molar refractivity (Wildman–Crippen MR) is 77.2 cm³/mol. The molecule has 20 heavy (non-hydrogen) atoms. The molecular weight excluding hydrogens is 256 g/mol. The van der Waals surface area contributed by atoms with Gasteiger partial charge in [-0.15, -0.1) is 0 Å². The molecule has 2 rings (SSSR count). The summed E-state index contributed by atoms with van der Waals surface area (Å²) in [5, 5.41) is 2.86. The SMILES string of the molecule is CC(C)(N)CCC(=O)Nc1ccc(C2OCCO2)cc1. The summed E-state index contributed by atoms with van der Waals surface area (Å²) in [6.07, 6.45) is 0.790. The lowest BCUT2D eigenvalue weighted by Crippen LogP contribution is -2.33. The predicted octanol–water partition coefficient (Wildman–Crippen LogP) is 2.19. The molecule has 1 aliphatic heterocycles. The highest BCUT2D eigenvalue weighted by Gasteiger charge is 2.18. The highest BCUT2D eigenvalue weighted by atomic mass is 16.7. The van der Waals surface area contributed by atoms with Crippen molar-refractivity contribution in [2.45, 2.75) is 38.5 Å². The van der Waals surface area contributed by atoms with Crippen molar-refractivity contribution < 1.29 is 14.3 Å². The van der Waals surface area contributed by atoms with Gasteiger partial charge in [-0.3, -0.25) is 4.79 Å². The Bertz CT molecular complexity index is 445. The topological polar surface area (TPSA) is 73.6 Å². The Morgan fingerprint density at radius 1 is 1.30 bits per heavy atom. The Hall–Kier alpha value is -1.43. The number of rotatable bonds is 5. The van der Waals surface area contributed by atoms with Gasteiger partial charge in [-0.25, -0.2) is 0 Å². The first-order valence-electron chi connectivity index (χ1n) is 6.86. The van der Waals surface area contributed by atoms with Crippen LogP contribution >= 0.6 is 0 Å². The Kier molecular flexibility index (Phi) is 4.75. The van der Waals surface area contributed by atoms with Crippen molar-refractivity contribution in [1.29, 1.82) is 0 Å². The Balaban J connectivity index is 1.85. The van der Waals surface area contributed by atoms with E-state index in [1.54, 1.807) is 0 Å². The molecule has 1 aliphatic rings. The fraction of sp³-hybridized carbons (Fsp3) is 0.533. The van der Waals surface area contributed by atoms with E-state index in [0.29, 0.717) is 26.1 Å². The monoisotopic (exact) mass is 278 g/mol. The van der Waals surface area contributed by atoms with Crippen LogP contribution in [0, 0.1) is 0 Å². The average molecular weight is 278 g/mol. The lowest BCUT2D eigenvalue weighted by Gasteiger charge is -2.17. The number of hydrogen-bond acceptors (Lipinski definition) is 4. The smallest absolute Gasteiger partial charge is 0.224 e. The molecule has 1 fully saturated rings. The molecule has 0 bridgehead atoms. The molecule has 110 valence electrons. The quantitative estimate of drug-likeness (QED) is 0.866. The van der Waals surface area contributed by atoms with Gasteiger partial charge in [0.2, 0.25) is 5.91 Å². The Morgan fingerprint density at radius 2 is 1.90 bits per heavy atom. The van der Waals surface area contributed by atoms with Crippen molar-refractivity contribution in [3.05, 3.63) is 29.8 Å². The molecule has 0 aromatic heterocycles. The summed E-state index contributed by atoms with van der Waals surface area (Å²) in [4.78, 5) is 11.8. The van der Waals surface area contributed by atoms with Gasteiger partial charge >= 0.3 is 0 Å². The minimum atomic E-state index is -0.321. The molecule has 1 aromatic carbocycles. The van der Waals surface area contributed by atoms with Crippen LogP contribution in [0.25, 0.3) is 0 Å². The third kappa shape index (κ3) is 4.59. The van der Waals surface area contributed by atoms with Crippen molar-refractivity contribution in [3.63, 3.8) is 0 Å². The molecule has 1 amide bonds. The van der Waals surface area contributed by atoms with Crippen LogP contribution in [0.1, 0.15) is 38.5 Å². The van der Waals surface area contributed by atoms with Crippen molar-refractivity contribution in [1.82, 2.24) is 0 Å². The highest BCUT2D eigenvalue weighted by Crippen LogP contribution is 2.24. The van der Waals surface area contributed by atoms with E-state index >= 15 is 0 Å². The van der Waals surface area contributed by atoms with E-state index in [9.17, 15) is 4.79 Å². The molecule has 0 radical (unpaired) electrons. The van der Waals surface area contributed by atoms with Crippen LogP contribution in [-0.2, 0) is 14.3 Å². The van der Waals surface area contributed by atoms with Gasteiger partial charge in [0.25, 0.3) is 0 Å². The van der Waals surface area contributed by atoms with Gasteiger partial charge in [-0.2, -0.15) is 0 Å². The van der Waals surface area contributed by atoms with Gasteiger partial charge in [-0.1, -0.05) is 12.1 Å². The molecular formula is C15H22N2O3. The number of anilines is 1. The number of benzene rings is 1. The van der Waals surface area contributed by atoms with Crippen molar-refractivity contribution in [2.24, 2.45) is 5.73 Å². The van der Waals surface area contributed by atoms with Crippen molar-refractivity contribution >= 4 is 11.6 Å². The molecule has 0 saturated carbocycles. The van der Waals surface area contributed by atoms with Crippen LogP contribution in [0.5, 0.6) is 0 Å². The second-order valence-corrected chi connectivity index (χ2v) is 5.73. The minimum Gasteiger partial charge on any atom is -0.346 e. The average Bonchev–Trinajstić information content (AvgIpc) is 2.90. The second kappa shape index (κ2) is 6.35. The molecule has 0 atom stereocenters. The summed E-state index contributed by atoms with van der Waals surface area (Å²) in [6, 6.07) is 7.51. The summed E-state index contributed by atoms with van der Waals surface area (Å²) in [7, 11) is 0. The summed E-state index contributed by atoms with van der Waals surface area (Å²) in [5.41, 5.74) is 7.27. The zero-order chi connectivity index (χ0) is 14.6. The van der Waals surface area contributed by atoms with Crippen LogP contribution < -0.4 is 11.1 Å². The van der Waals surface area contributed by atoms with Gasteiger partial charge in [0.15, 0.2) is 6.29 Å². The number of ether oxygens (including phenoxy) is 2. The standard InChI is InChI=1S/C15H22N2O3/c1-15(2,16)8-7-13(18)17-12-5-3-11(4-6-12)14-19-9-10-20-14/h3-6,14H,7-10,16H2,1-2H3,(H,17,18). The first-order valence-corrected chi connectivity index (χ1v) is 6.86. The molecule has 0 aliphatic carbocycles. The third-order valence-electron chi connectivity index (χ3n) is 3.08. The molecule has 0 unspecified atom stereocenters. The van der Waals surface area contributed by atoms with E-state index in [0.717, 1.165) is 11.3 Å². The summed E-state index contributed by atoms with van der Waals surface area (Å²) >= 11 is 0. The minimum absolute atomic E-state index is 0.0235. The molecule has 5 nitrogen and oxygen atoms in total. The number of carbonyl (C=O) groups excluding carboxylic acids is 1. The molecule has 0 spiro atoms. The van der Waals surface area contributed by atoms with Crippen LogP contribution in [0.2, 0.25) is 0 Å². The largest absolute Gasteiger partial charge is 0.346 e. The summed E-state index contributed by atoms with van der Waals surface area (Å²) in [6.45, 7) is 5.07. The van der Waals surface area contributed by atoms with Crippen molar-refractivity contribution in [2.75, 3.05) is 18.5 Å². The maximum absolute atomic E-state index is 11.8. The van der Waals surface area contributed by atoms with Crippen molar-refractivity contribution in [3.8, 4) is 0 Å². The zero-order valence-corrected chi connectivity index (χ0v) is 12.0. The summed E-state index contributed by atoms with van der Waals surface area (Å²) < 4.78 is 10.8. The van der Waals surface area contributed by atoms with E-state index in [2.05, 4.69) is 5.32 Å². The van der Waals surface area contributed by atoms with Gasteiger partial charge in [0, 0.05) is 23.2 Å². The summed E-state index contributed by atoms with van der Waals surface area (Å²) in [5.74, 6) is -0.0235. The van der Waals surface area contributed by atoms with E-state index < -0.39 is 0 Å². The molecule has 1 aromatic rings. The van der Waals surface area contributed by atoms with Gasteiger partial charge in [0.1, 0.15) is 0 Å². The van der Waals surface area contributed by atoms with E-state index in [1.165, 1.54) is 0 Å². The number of nitrogens with two attached hydrogens (primary N) is 1. The highest BCUT2D eigenvalue weighted by molar-refractivity contribution is 5.90. The number of carbonyl (C=O) groups is 1. The number of nitrogens with one attached hydrogen (secondary N) is 1. The fourth-order valence-corrected chi connectivity index (χ4v) is 1.93. The fourth-order valence-electron chi connectivity index (χ4n) is 1.93. The normalized spacial score (nSPS) is 16.4. The molecule has 1 heterocycles. The maximum atomic E-state index is 11.8. The van der Waals surface area contributed by atoms with Crippen LogP contribution in [0.15, 0.2) is 24.3 Å². The molecule has 1 saturated heterocycles. The second-order valence-electron chi connectivity index (χ2n) is 5.73. The number of amides is 1. The van der Waals surface area contributed by atoms with E-state index in [1.807, 2.05) is 38.1 Å². The Morgan fingerprint density at radius 3 is 2.45 bits per heavy atom. The third-order valence-corrected chi connectivity index (χ3v) is 3.08. The maximum Gasteiger partial charge on any atom is 0.224 e. The van der Waals surface area contributed by atoms with Gasteiger partial charge in [0.05, 0.1) is 13.2 Å². The van der Waals surface area contributed by atoms with Gasteiger partial charge < -0.3 is 20.5 Å². The van der Waals surface area contributed by atoms with Crippen LogP contribution in [0.3, 0.4) is 0 Å².